The van der Waals surface area contributed by atoms with Crippen molar-refractivity contribution in [2.75, 3.05) is 0 Å². The number of halogens is 1. The first kappa shape index (κ1) is 9.81. The van der Waals surface area contributed by atoms with Gasteiger partial charge in [-0.15, -0.1) is 0 Å². The molecule has 0 saturated heterocycles. The van der Waals surface area contributed by atoms with Crippen LogP contribution in [0.1, 0.15) is 37.5 Å². The molecule has 1 unspecified atom stereocenters. The minimum atomic E-state index is -0.109. The fraction of sp³-hybridized carbons (Fsp3) is 0.455. The second-order valence-corrected chi connectivity index (χ2v) is 4.02. The molecule has 0 spiro atoms. The summed E-state index contributed by atoms with van der Waals surface area (Å²) in [5.41, 5.74) is 7.34. The fourth-order valence-electron chi connectivity index (χ4n) is 1.82. The van der Waals surface area contributed by atoms with Crippen molar-refractivity contribution in [3.8, 4) is 0 Å². The number of furan rings is 1. The molecule has 1 aliphatic carbocycles. The van der Waals surface area contributed by atoms with Crippen molar-refractivity contribution in [3.05, 3.63) is 34.8 Å². The fourth-order valence-corrected chi connectivity index (χ4v) is 1.98. The van der Waals surface area contributed by atoms with Crippen molar-refractivity contribution >= 4 is 11.6 Å². The van der Waals surface area contributed by atoms with Crippen LogP contribution in [0.25, 0.3) is 0 Å². The van der Waals surface area contributed by atoms with Crippen molar-refractivity contribution < 1.29 is 4.42 Å². The van der Waals surface area contributed by atoms with Crippen LogP contribution in [0, 0.1) is 0 Å². The van der Waals surface area contributed by atoms with Crippen LogP contribution in [0.15, 0.2) is 28.2 Å². The zero-order chi connectivity index (χ0) is 9.97. The highest BCUT2D eigenvalue weighted by atomic mass is 35.5. The summed E-state index contributed by atoms with van der Waals surface area (Å²) in [7, 11) is 0. The molecule has 0 bridgehead atoms. The first-order valence-corrected chi connectivity index (χ1v) is 5.35. The van der Waals surface area contributed by atoms with Crippen LogP contribution >= 0.6 is 11.6 Å². The van der Waals surface area contributed by atoms with E-state index in [-0.39, 0.29) is 6.04 Å². The van der Waals surface area contributed by atoms with Crippen molar-refractivity contribution in [2.45, 2.75) is 31.7 Å². The molecule has 1 aromatic heterocycles. The van der Waals surface area contributed by atoms with E-state index in [1.54, 1.807) is 6.07 Å². The standard InChI is InChI=1S/C11H14ClNO/c12-10-7-6-9(14-10)11(13)8-4-2-1-3-5-8/h4,6-7,11H,1-3,5,13H2. The lowest BCUT2D eigenvalue weighted by atomic mass is 9.93. The van der Waals surface area contributed by atoms with Crippen LogP contribution in [-0.4, -0.2) is 0 Å². The van der Waals surface area contributed by atoms with Gasteiger partial charge >= 0.3 is 0 Å². The summed E-state index contributed by atoms with van der Waals surface area (Å²) in [6, 6.07) is 3.48. The first-order valence-electron chi connectivity index (χ1n) is 4.97. The van der Waals surface area contributed by atoms with Gasteiger partial charge in [-0.05, 0) is 55.0 Å². The maximum absolute atomic E-state index is 6.06. The van der Waals surface area contributed by atoms with Gasteiger partial charge in [-0.2, -0.15) is 0 Å². The minimum absolute atomic E-state index is 0.109. The molecule has 0 aliphatic heterocycles. The molecule has 0 radical (unpaired) electrons. The Kier molecular flexibility index (Phi) is 2.94. The van der Waals surface area contributed by atoms with Crippen molar-refractivity contribution in [1.29, 1.82) is 0 Å². The number of hydrogen-bond donors (Lipinski definition) is 1. The molecule has 2 rings (SSSR count). The van der Waals surface area contributed by atoms with Crippen molar-refractivity contribution in [3.63, 3.8) is 0 Å². The minimum Gasteiger partial charge on any atom is -0.448 e. The maximum atomic E-state index is 6.06. The topological polar surface area (TPSA) is 39.2 Å². The third-order valence-corrected chi connectivity index (χ3v) is 2.83. The molecule has 1 atom stereocenters. The van der Waals surface area contributed by atoms with Gasteiger partial charge < -0.3 is 10.2 Å². The van der Waals surface area contributed by atoms with Crippen LogP contribution in [-0.2, 0) is 0 Å². The number of hydrogen-bond acceptors (Lipinski definition) is 2. The van der Waals surface area contributed by atoms with Crippen LogP contribution in [0.3, 0.4) is 0 Å². The summed E-state index contributed by atoms with van der Waals surface area (Å²) in [4.78, 5) is 0. The predicted octanol–water partition coefficient (Wildman–Crippen LogP) is 3.43. The lowest BCUT2D eigenvalue weighted by molar-refractivity contribution is 0.478. The monoisotopic (exact) mass is 211 g/mol. The van der Waals surface area contributed by atoms with E-state index < -0.39 is 0 Å². The molecule has 0 aromatic carbocycles. The second kappa shape index (κ2) is 4.20. The average Bonchev–Trinajstić information content (AvgIpc) is 2.65. The lowest BCUT2D eigenvalue weighted by Crippen LogP contribution is -2.14. The molecule has 1 aliphatic rings. The van der Waals surface area contributed by atoms with Gasteiger partial charge in [-0.3, -0.25) is 0 Å². The quantitative estimate of drug-likeness (QED) is 0.762. The highest BCUT2D eigenvalue weighted by Gasteiger charge is 2.16. The molecule has 1 heterocycles. The summed E-state index contributed by atoms with van der Waals surface area (Å²) in [6.45, 7) is 0. The van der Waals surface area contributed by atoms with E-state index in [0.29, 0.717) is 5.22 Å². The zero-order valence-electron chi connectivity index (χ0n) is 8.00. The van der Waals surface area contributed by atoms with E-state index in [9.17, 15) is 0 Å². The Labute approximate surface area is 88.7 Å². The Morgan fingerprint density at radius 1 is 1.36 bits per heavy atom. The molecule has 1 aromatic rings. The summed E-state index contributed by atoms with van der Waals surface area (Å²) in [5.74, 6) is 0.767. The Bertz CT molecular complexity index is 343. The SMILES string of the molecule is NC(C1=CCCCC1)c1ccc(Cl)o1. The van der Waals surface area contributed by atoms with Crippen LogP contribution < -0.4 is 5.73 Å². The van der Waals surface area contributed by atoms with E-state index in [1.165, 1.54) is 18.4 Å². The van der Waals surface area contributed by atoms with Crippen molar-refractivity contribution in [1.82, 2.24) is 0 Å². The van der Waals surface area contributed by atoms with E-state index in [2.05, 4.69) is 6.08 Å². The van der Waals surface area contributed by atoms with Gasteiger partial charge in [0, 0.05) is 0 Å². The summed E-state index contributed by atoms with van der Waals surface area (Å²) >= 11 is 5.70. The molecule has 14 heavy (non-hydrogen) atoms. The second-order valence-electron chi connectivity index (χ2n) is 3.64. The van der Waals surface area contributed by atoms with Gasteiger partial charge in [-0.25, -0.2) is 0 Å². The molecular weight excluding hydrogens is 198 g/mol. The van der Waals surface area contributed by atoms with E-state index in [1.807, 2.05) is 6.07 Å². The Morgan fingerprint density at radius 2 is 2.21 bits per heavy atom. The molecule has 0 saturated carbocycles. The Morgan fingerprint density at radius 3 is 2.79 bits per heavy atom. The van der Waals surface area contributed by atoms with Crippen molar-refractivity contribution in [2.24, 2.45) is 5.73 Å². The smallest absolute Gasteiger partial charge is 0.193 e. The number of rotatable bonds is 2. The Hall–Kier alpha value is -0.730. The molecule has 3 heteroatoms. The molecule has 2 nitrogen and oxygen atoms in total. The highest BCUT2D eigenvalue weighted by molar-refractivity contribution is 6.28. The van der Waals surface area contributed by atoms with Gasteiger partial charge in [-0.1, -0.05) is 6.08 Å². The molecule has 2 N–H and O–H groups in total. The van der Waals surface area contributed by atoms with Gasteiger partial charge in [0.25, 0.3) is 0 Å². The normalized spacial score (nSPS) is 19.1. The van der Waals surface area contributed by atoms with E-state index >= 15 is 0 Å². The summed E-state index contributed by atoms with van der Waals surface area (Å²) in [5, 5.41) is 0.409. The van der Waals surface area contributed by atoms with Crippen LogP contribution in [0.5, 0.6) is 0 Å². The number of nitrogens with two attached hydrogens (primary N) is 1. The van der Waals surface area contributed by atoms with Crippen LogP contribution in [0.4, 0.5) is 0 Å². The highest BCUT2D eigenvalue weighted by Crippen LogP contribution is 2.29. The molecule has 0 fully saturated rings. The molecular formula is C11H14ClNO. The summed E-state index contributed by atoms with van der Waals surface area (Å²) in [6.07, 6.45) is 6.95. The Balaban J connectivity index is 2.14. The maximum Gasteiger partial charge on any atom is 0.193 e. The van der Waals surface area contributed by atoms with Gasteiger partial charge in [0.1, 0.15) is 5.76 Å². The van der Waals surface area contributed by atoms with Gasteiger partial charge in [0.15, 0.2) is 5.22 Å². The third-order valence-electron chi connectivity index (χ3n) is 2.63. The van der Waals surface area contributed by atoms with E-state index in [0.717, 1.165) is 18.6 Å². The lowest BCUT2D eigenvalue weighted by Gasteiger charge is -2.17. The van der Waals surface area contributed by atoms with Gasteiger partial charge in [0.2, 0.25) is 0 Å². The first-order chi connectivity index (χ1) is 6.77. The average molecular weight is 212 g/mol. The zero-order valence-corrected chi connectivity index (χ0v) is 8.76. The largest absolute Gasteiger partial charge is 0.448 e. The van der Waals surface area contributed by atoms with E-state index in [4.69, 9.17) is 21.8 Å². The molecule has 0 amide bonds. The van der Waals surface area contributed by atoms with Crippen LogP contribution in [0.2, 0.25) is 5.22 Å². The summed E-state index contributed by atoms with van der Waals surface area (Å²) < 4.78 is 5.30. The third kappa shape index (κ3) is 2.02. The number of allylic oxidation sites excluding steroid dienone is 1. The predicted molar refractivity (Wildman–Crippen MR) is 57.2 cm³/mol. The molecule has 76 valence electrons. The van der Waals surface area contributed by atoms with Gasteiger partial charge in [0.05, 0.1) is 6.04 Å².